The van der Waals surface area contributed by atoms with Crippen LogP contribution in [0.2, 0.25) is 0 Å². The van der Waals surface area contributed by atoms with Gasteiger partial charge in [-0.1, -0.05) is 29.8 Å². The highest BCUT2D eigenvalue weighted by molar-refractivity contribution is 7.89. The molecule has 0 bridgehead atoms. The number of hydrogen-bond acceptors (Lipinski definition) is 3. The lowest BCUT2D eigenvalue weighted by Gasteiger charge is -2.08. The van der Waals surface area contributed by atoms with Crippen molar-refractivity contribution in [3.05, 3.63) is 59.7 Å². The maximum absolute atomic E-state index is 12.1. The Balaban J connectivity index is 1.86. The van der Waals surface area contributed by atoms with E-state index in [-0.39, 0.29) is 0 Å². The average Bonchev–Trinajstić information content (AvgIpc) is 2.52. The first-order valence-corrected chi connectivity index (χ1v) is 8.69. The van der Waals surface area contributed by atoms with E-state index in [4.69, 9.17) is 4.74 Å². The Morgan fingerprint density at radius 2 is 1.82 bits per heavy atom. The predicted molar refractivity (Wildman–Crippen MR) is 87.7 cm³/mol. The summed E-state index contributed by atoms with van der Waals surface area (Å²) < 4.78 is 32.1. The molecule has 22 heavy (non-hydrogen) atoms. The Morgan fingerprint density at radius 1 is 1.09 bits per heavy atom. The van der Waals surface area contributed by atoms with Gasteiger partial charge in [-0.3, -0.25) is 0 Å². The summed E-state index contributed by atoms with van der Waals surface area (Å²) in [6.45, 7) is 2.34. The smallest absolute Gasteiger partial charge is 0.240 e. The Morgan fingerprint density at radius 3 is 2.50 bits per heavy atom. The molecule has 0 heterocycles. The molecule has 2 rings (SSSR count). The van der Waals surface area contributed by atoms with Gasteiger partial charge in [0.1, 0.15) is 5.75 Å². The van der Waals surface area contributed by atoms with Gasteiger partial charge in [0, 0.05) is 6.54 Å². The van der Waals surface area contributed by atoms with Crippen molar-refractivity contribution in [2.24, 2.45) is 0 Å². The molecule has 1 N–H and O–H groups in total. The van der Waals surface area contributed by atoms with E-state index in [0.29, 0.717) is 11.4 Å². The van der Waals surface area contributed by atoms with Crippen molar-refractivity contribution in [2.45, 2.75) is 24.7 Å². The number of benzene rings is 2. The lowest BCUT2D eigenvalue weighted by Crippen LogP contribution is -2.25. The summed E-state index contributed by atoms with van der Waals surface area (Å²) >= 11 is 0. The second kappa shape index (κ2) is 7.42. The number of hydrogen-bond donors (Lipinski definition) is 1. The zero-order valence-corrected chi connectivity index (χ0v) is 13.7. The van der Waals surface area contributed by atoms with E-state index in [1.54, 1.807) is 31.4 Å². The summed E-state index contributed by atoms with van der Waals surface area (Å²) in [5.74, 6) is 0.817. The number of ether oxygens (including phenoxy) is 1. The van der Waals surface area contributed by atoms with Crippen LogP contribution in [0.25, 0.3) is 0 Å². The van der Waals surface area contributed by atoms with Crippen LogP contribution in [0.1, 0.15) is 17.5 Å². The van der Waals surface area contributed by atoms with Gasteiger partial charge in [-0.25, -0.2) is 13.1 Å². The Bertz CT molecular complexity index is 709. The third-order valence-electron chi connectivity index (χ3n) is 3.40. The number of rotatable bonds is 7. The van der Waals surface area contributed by atoms with Crippen LogP contribution in [0, 0.1) is 6.92 Å². The van der Waals surface area contributed by atoms with Crippen LogP contribution in [0.3, 0.4) is 0 Å². The minimum Gasteiger partial charge on any atom is -0.497 e. The molecule has 0 saturated heterocycles. The molecule has 0 aliphatic rings. The van der Waals surface area contributed by atoms with Crippen LogP contribution in [-0.2, 0) is 16.4 Å². The van der Waals surface area contributed by atoms with E-state index in [1.807, 2.05) is 31.2 Å². The first kappa shape index (κ1) is 16.5. The van der Waals surface area contributed by atoms with E-state index in [1.165, 1.54) is 0 Å². The summed E-state index contributed by atoms with van der Waals surface area (Å²) in [6.07, 6.45) is 1.53. The van der Waals surface area contributed by atoms with Gasteiger partial charge in [-0.05, 0) is 49.6 Å². The lowest BCUT2D eigenvalue weighted by atomic mass is 10.1. The van der Waals surface area contributed by atoms with Crippen molar-refractivity contribution < 1.29 is 13.2 Å². The monoisotopic (exact) mass is 319 g/mol. The molecule has 0 saturated carbocycles. The van der Waals surface area contributed by atoms with Gasteiger partial charge >= 0.3 is 0 Å². The largest absolute Gasteiger partial charge is 0.497 e. The summed E-state index contributed by atoms with van der Waals surface area (Å²) in [6, 6.07) is 14.6. The molecular formula is C17H21NO3S. The molecular weight excluding hydrogens is 298 g/mol. The molecule has 0 aromatic heterocycles. The van der Waals surface area contributed by atoms with Gasteiger partial charge in [0.2, 0.25) is 10.0 Å². The Hall–Kier alpha value is -1.85. The summed E-state index contributed by atoms with van der Waals surface area (Å²) in [4.78, 5) is 0.305. The highest BCUT2D eigenvalue weighted by atomic mass is 32.2. The minimum absolute atomic E-state index is 0.305. The van der Waals surface area contributed by atoms with Crippen molar-refractivity contribution in [2.75, 3.05) is 13.7 Å². The summed E-state index contributed by atoms with van der Waals surface area (Å²) in [7, 11) is -1.79. The molecule has 0 atom stereocenters. The first-order valence-electron chi connectivity index (χ1n) is 7.20. The molecule has 5 heteroatoms. The van der Waals surface area contributed by atoms with E-state index in [0.717, 1.165) is 29.7 Å². The molecule has 4 nitrogen and oxygen atoms in total. The number of aryl methyl sites for hydroxylation is 2. The number of nitrogens with one attached hydrogen (secondary N) is 1. The van der Waals surface area contributed by atoms with Crippen LogP contribution >= 0.6 is 0 Å². The molecule has 2 aromatic carbocycles. The van der Waals surface area contributed by atoms with E-state index >= 15 is 0 Å². The van der Waals surface area contributed by atoms with Crippen LogP contribution in [0.5, 0.6) is 5.75 Å². The Kier molecular flexibility index (Phi) is 5.57. The molecule has 118 valence electrons. The average molecular weight is 319 g/mol. The first-order chi connectivity index (χ1) is 10.5. The van der Waals surface area contributed by atoms with E-state index in [9.17, 15) is 8.42 Å². The second-order valence-electron chi connectivity index (χ2n) is 5.17. The molecule has 0 radical (unpaired) electrons. The van der Waals surface area contributed by atoms with Gasteiger partial charge in [-0.2, -0.15) is 0 Å². The molecule has 0 unspecified atom stereocenters. The van der Waals surface area contributed by atoms with Gasteiger partial charge < -0.3 is 4.74 Å². The third kappa shape index (κ3) is 4.58. The fraction of sp³-hybridized carbons (Fsp3) is 0.294. The third-order valence-corrected chi connectivity index (χ3v) is 4.88. The van der Waals surface area contributed by atoms with Crippen molar-refractivity contribution in [3.63, 3.8) is 0 Å². The highest BCUT2D eigenvalue weighted by Gasteiger charge is 2.12. The zero-order chi connectivity index (χ0) is 16.0. The van der Waals surface area contributed by atoms with Gasteiger partial charge in [0.15, 0.2) is 0 Å². The van der Waals surface area contributed by atoms with E-state index < -0.39 is 10.0 Å². The molecule has 0 amide bonds. The minimum atomic E-state index is -3.42. The molecule has 0 aliphatic carbocycles. The fourth-order valence-corrected chi connectivity index (χ4v) is 3.20. The lowest BCUT2D eigenvalue weighted by molar-refractivity contribution is 0.414. The Labute approximate surface area is 132 Å². The quantitative estimate of drug-likeness (QED) is 0.798. The van der Waals surface area contributed by atoms with Crippen LogP contribution < -0.4 is 9.46 Å². The van der Waals surface area contributed by atoms with Gasteiger partial charge in [0.25, 0.3) is 0 Å². The van der Waals surface area contributed by atoms with Gasteiger partial charge in [0.05, 0.1) is 12.0 Å². The van der Waals surface area contributed by atoms with Crippen LogP contribution in [-0.4, -0.2) is 22.1 Å². The molecule has 0 spiro atoms. The number of sulfonamides is 1. The maximum Gasteiger partial charge on any atom is 0.240 e. The topological polar surface area (TPSA) is 55.4 Å². The van der Waals surface area contributed by atoms with Crippen molar-refractivity contribution >= 4 is 10.0 Å². The van der Waals surface area contributed by atoms with Crippen molar-refractivity contribution in [3.8, 4) is 5.75 Å². The fourth-order valence-electron chi connectivity index (χ4n) is 2.13. The predicted octanol–water partition coefficient (Wildman–Crippen LogP) is 2.91. The second-order valence-corrected chi connectivity index (χ2v) is 6.93. The molecule has 2 aromatic rings. The summed E-state index contributed by atoms with van der Waals surface area (Å²) in [5, 5.41) is 0. The normalized spacial score (nSPS) is 11.4. The molecule has 0 fully saturated rings. The summed E-state index contributed by atoms with van der Waals surface area (Å²) in [5.41, 5.74) is 2.17. The maximum atomic E-state index is 12.1. The molecule has 0 aliphatic heterocycles. The van der Waals surface area contributed by atoms with Crippen LogP contribution in [0.4, 0.5) is 0 Å². The van der Waals surface area contributed by atoms with Gasteiger partial charge in [-0.15, -0.1) is 0 Å². The van der Waals surface area contributed by atoms with E-state index in [2.05, 4.69) is 4.72 Å². The SMILES string of the molecule is COc1cccc(CCCNS(=O)(=O)c2ccc(C)cc2)c1. The van der Waals surface area contributed by atoms with Crippen LogP contribution in [0.15, 0.2) is 53.4 Å². The van der Waals surface area contributed by atoms with Crippen molar-refractivity contribution in [1.82, 2.24) is 4.72 Å². The van der Waals surface area contributed by atoms with Crippen molar-refractivity contribution in [1.29, 1.82) is 0 Å². The zero-order valence-electron chi connectivity index (χ0n) is 12.9. The highest BCUT2D eigenvalue weighted by Crippen LogP contribution is 2.14. The standard InChI is InChI=1S/C17H21NO3S/c1-14-8-10-17(11-9-14)22(19,20)18-12-4-6-15-5-3-7-16(13-15)21-2/h3,5,7-11,13,18H,4,6,12H2,1-2H3. The number of methoxy groups -OCH3 is 1.